The highest BCUT2D eigenvalue weighted by molar-refractivity contribution is 7.53. The van der Waals surface area contributed by atoms with Gasteiger partial charge >= 0.3 is 31.4 Å². The number of benzene rings is 2. The van der Waals surface area contributed by atoms with Gasteiger partial charge in [0, 0.05) is 94.2 Å². The van der Waals surface area contributed by atoms with Crippen LogP contribution in [-0.2, 0) is 52.3 Å². The molecule has 11 atom stereocenters. The molecule has 5 heterocycles. The van der Waals surface area contributed by atoms with Crippen LogP contribution in [0, 0.1) is 48.3 Å². The number of unbranched alkanes of at least 4 members (excludes halogenated alkanes) is 2. The zero-order valence-electron chi connectivity index (χ0n) is 55.1. The summed E-state index contributed by atoms with van der Waals surface area (Å²) in [5, 5.41) is 45.2. The van der Waals surface area contributed by atoms with E-state index in [1.807, 2.05) is 27.7 Å². The van der Waals surface area contributed by atoms with Gasteiger partial charge in [-0.2, -0.15) is 0 Å². The molecule has 1 unspecified atom stereocenters. The van der Waals surface area contributed by atoms with Crippen molar-refractivity contribution in [3.05, 3.63) is 58.0 Å². The maximum Gasteiger partial charge on any atom is 0.410 e. The van der Waals surface area contributed by atoms with E-state index in [0.717, 1.165) is 11.4 Å². The number of hydrogen-bond donors (Lipinski definition) is 8. The van der Waals surface area contributed by atoms with Crippen molar-refractivity contribution >= 4 is 71.9 Å². The van der Waals surface area contributed by atoms with Gasteiger partial charge in [-0.25, -0.2) is 9.79 Å². The lowest BCUT2D eigenvalue weighted by atomic mass is 9.72. The number of phenolic OH excluding ortho intramolecular Hbond substituents is 2. The minimum absolute atomic E-state index is 0.0131. The number of piperidine rings is 1. The standard InChI is InChI=1S/C65H94N7O19P/c1-14-47(75)87-34-88-63(83)67-45(21-16-15-17-27-66-46(74)23-22-44(33-73)92(84,85)86)62(82)71(13)32-48(76)90-58-37(5)19-18-20-38(6)61(81)68-54-53-52(69-65(70-53)25-28-72(29-26-65)31-35(2)3)49-50(57(54)79)56(78)43(11)59-51(49)60(80)64(12,91-59)89-30-24-36(4)39(7)40(8)41(9)55(77)42(58)10/h18-20,24,30,33,35-37,39-42,44-45,55,58,69,77-79H,14-17,21-23,25-29,31-32,34H2,1-13H3,(H,66,74)(H,67,83)(H2,84,85,86)/b19-18+,30-24+,38-20-,68-54?/t36-,37-,39+,40+,41-,42-,44?,45-,55-,58-,64-/m0/s1. The number of ketones is 1. The summed E-state index contributed by atoms with van der Waals surface area (Å²) in [7, 11) is -3.38. The molecule has 2 aromatic carbocycles. The van der Waals surface area contributed by atoms with Crippen LogP contribution >= 0.6 is 7.60 Å². The number of aldehydes is 1. The molecule has 0 aromatic heterocycles. The number of amides is 4. The maximum absolute atomic E-state index is 14.9. The van der Waals surface area contributed by atoms with Gasteiger partial charge in [0.05, 0.1) is 29.0 Å². The Morgan fingerprint density at radius 2 is 1.59 bits per heavy atom. The molecular weight excluding hydrogens is 1210 g/mol. The molecule has 0 radical (unpaired) electrons. The largest absolute Gasteiger partial charge is 0.507 e. The second kappa shape index (κ2) is 31.6. The molecule has 0 saturated carbocycles. The number of anilines is 1. The number of ether oxygens (including phenoxy) is 5. The SMILES string of the molecule is CCC(=O)OCOC(=O)N[C@@H](CCCCCNC(=O)CCC(C=O)P(=O)(O)O)C(=O)N(C)CC(=O)O[C@@H]1[C@@H](C)[C@@H](O)[C@@H](C)[C@H](C)[C@H](C)[C@@H](C)/C=C/O[C@@]2(C)Oc3c(C)c(O)c4c(O)c(c5c(c4c3C2=O)NC2(CCN(CC(C)C)CC2)N=5)=NC(=O)/C(C)=C\C=C\[C@@H]1C. The molecule has 1 saturated heterocycles. The Balaban J connectivity index is 1.30. The highest BCUT2D eigenvalue weighted by atomic mass is 31.2. The lowest BCUT2D eigenvalue weighted by Gasteiger charge is -2.38. The van der Waals surface area contributed by atoms with Crippen molar-refractivity contribution in [2.75, 3.05) is 51.9 Å². The molecule has 1 spiro atoms. The van der Waals surface area contributed by atoms with Crippen LogP contribution in [0.3, 0.4) is 0 Å². The number of likely N-dealkylation sites (N-methyl/N-ethyl adjacent to an activating group) is 1. The molecule has 5 bridgehead atoms. The molecule has 27 heteroatoms. The Hall–Kier alpha value is -7.25. The van der Waals surface area contributed by atoms with Crippen molar-refractivity contribution in [2.24, 2.45) is 51.4 Å². The molecule has 26 nitrogen and oxygen atoms in total. The fourth-order valence-electron chi connectivity index (χ4n) is 12.2. The van der Waals surface area contributed by atoms with Gasteiger partial charge in [-0.3, -0.25) is 38.3 Å². The number of hydrogen-bond acceptors (Lipinski definition) is 20. The number of aliphatic hydroxyl groups excluding tert-OH is 1. The van der Waals surface area contributed by atoms with Crippen molar-refractivity contribution < 1.29 is 91.7 Å². The zero-order valence-corrected chi connectivity index (χ0v) is 56.0. The van der Waals surface area contributed by atoms with Gasteiger partial charge in [0.1, 0.15) is 58.5 Å². The number of carbonyl (C=O) groups excluding carboxylic acids is 8. The third-order valence-electron chi connectivity index (χ3n) is 18.4. The molecule has 5 aliphatic heterocycles. The fraction of sp³-hybridized carbons (Fsp3) is 0.631. The van der Waals surface area contributed by atoms with Crippen LogP contribution in [0.15, 0.2) is 46.1 Å². The van der Waals surface area contributed by atoms with Crippen LogP contribution in [0.25, 0.3) is 10.8 Å². The predicted molar refractivity (Wildman–Crippen MR) is 338 cm³/mol. The summed E-state index contributed by atoms with van der Waals surface area (Å²) >= 11 is 0. The number of alkyl carbamates (subject to hydrolysis) is 1. The minimum Gasteiger partial charge on any atom is -0.507 e. The van der Waals surface area contributed by atoms with Gasteiger partial charge < -0.3 is 79.3 Å². The van der Waals surface area contributed by atoms with E-state index in [1.54, 1.807) is 45.9 Å². The minimum atomic E-state index is -4.71. The highest BCUT2D eigenvalue weighted by Crippen LogP contribution is 2.51. The average molecular weight is 1310 g/mol. The maximum atomic E-state index is 14.9. The Morgan fingerprint density at radius 1 is 0.902 bits per heavy atom. The van der Waals surface area contributed by atoms with E-state index in [-0.39, 0.29) is 100 Å². The van der Waals surface area contributed by atoms with E-state index < -0.39 is 127 Å². The van der Waals surface area contributed by atoms with Gasteiger partial charge in [-0.05, 0) is 68.8 Å². The number of likely N-dealkylation sites (tertiary alicyclic amines) is 1. The molecule has 2 aromatic rings. The number of aliphatic hydroxyl groups is 1. The molecule has 7 rings (SSSR count). The molecule has 92 heavy (non-hydrogen) atoms. The summed E-state index contributed by atoms with van der Waals surface area (Å²) < 4.78 is 40.2. The predicted octanol–water partition coefficient (Wildman–Crippen LogP) is 6.29. The van der Waals surface area contributed by atoms with Gasteiger partial charge in [-0.15, -0.1) is 0 Å². The van der Waals surface area contributed by atoms with Crippen LogP contribution in [0.1, 0.15) is 150 Å². The molecule has 5 aliphatic rings. The number of nitrogens with one attached hydrogen (secondary N) is 3. The Kier molecular flexibility index (Phi) is 25.3. The smallest absolute Gasteiger partial charge is 0.410 e. The summed E-state index contributed by atoms with van der Waals surface area (Å²) in [5.74, 6) is -8.91. The van der Waals surface area contributed by atoms with E-state index >= 15 is 0 Å². The number of nitrogens with zero attached hydrogens (tertiary/aromatic N) is 4. The van der Waals surface area contributed by atoms with Crippen LogP contribution in [0.4, 0.5) is 10.5 Å². The lowest BCUT2D eigenvalue weighted by molar-refractivity contribution is -0.161. The number of phenols is 2. The molecule has 0 aliphatic carbocycles. The fourth-order valence-corrected chi connectivity index (χ4v) is 12.8. The first-order valence-electron chi connectivity index (χ1n) is 31.7. The summed E-state index contributed by atoms with van der Waals surface area (Å²) in [6, 6.07) is -1.28. The Labute approximate surface area is 536 Å². The van der Waals surface area contributed by atoms with Crippen LogP contribution in [0.2, 0.25) is 0 Å². The third kappa shape index (κ3) is 17.7. The number of aromatic hydroxyl groups is 2. The van der Waals surface area contributed by atoms with Gasteiger partial charge in [-0.1, -0.05) is 93.4 Å². The van der Waals surface area contributed by atoms with Gasteiger partial charge in [0.15, 0.2) is 5.75 Å². The quantitative estimate of drug-likeness (QED) is 0.0170. The second-order valence-electron chi connectivity index (χ2n) is 25.7. The van der Waals surface area contributed by atoms with Crippen LogP contribution < -0.4 is 31.4 Å². The van der Waals surface area contributed by atoms with Crippen LogP contribution in [0.5, 0.6) is 17.2 Å². The number of fused-ring (bicyclic) bond motifs is 13. The third-order valence-corrected chi connectivity index (χ3v) is 19.6. The number of esters is 2. The number of carbonyl (C=O) groups is 8. The van der Waals surface area contributed by atoms with Crippen molar-refractivity contribution in [2.45, 2.75) is 176 Å². The summed E-state index contributed by atoms with van der Waals surface area (Å²) in [5.41, 5.74) is -1.92. The zero-order chi connectivity index (χ0) is 68.3. The van der Waals surface area contributed by atoms with E-state index in [0.29, 0.717) is 56.8 Å². The van der Waals surface area contributed by atoms with Crippen LogP contribution in [-0.4, -0.2) is 165 Å². The van der Waals surface area contributed by atoms with E-state index in [2.05, 4.69) is 39.7 Å². The monoisotopic (exact) mass is 1310 g/mol. The second-order valence-corrected chi connectivity index (χ2v) is 27.6. The molecule has 4 amide bonds. The Morgan fingerprint density at radius 3 is 2.23 bits per heavy atom. The number of allylic oxidation sites excluding steroid dienone is 3. The highest BCUT2D eigenvalue weighted by Gasteiger charge is 2.51. The van der Waals surface area contributed by atoms with E-state index in [4.69, 9.17) is 28.7 Å². The topological polar surface area (TPSA) is 368 Å². The van der Waals surface area contributed by atoms with Gasteiger partial charge in [0.2, 0.25) is 18.6 Å². The molecule has 1 fully saturated rings. The van der Waals surface area contributed by atoms with E-state index in [9.17, 15) is 68.0 Å². The van der Waals surface area contributed by atoms with Crippen molar-refractivity contribution in [1.82, 2.24) is 20.4 Å². The normalized spacial score (nSPS) is 26.2. The molecule has 8 N–H and O–H groups in total. The molecular formula is C65H94N7O19P. The first-order valence-corrected chi connectivity index (χ1v) is 33.4. The van der Waals surface area contributed by atoms with E-state index in [1.165, 1.54) is 33.2 Å². The van der Waals surface area contributed by atoms with Gasteiger partial charge in [0.25, 0.3) is 11.7 Å². The summed E-state index contributed by atoms with van der Waals surface area (Å²) in [6.45, 7) is 22.8. The summed E-state index contributed by atoms with van der Waals surface area (Å²) in [6.07, 6.45) is 6.38. The average Bonchev–Trinajstić information content (AvgIpc) is 1.50. The summed E-state index contributed by atoms with van der Waals surface area (Å²) in [4.78, 5) is 137. The number of rotatable bonds is 21. The van der Waals surface area contributed by atoms with Crippen molar-refractivity contribution in [3.8, 4) is 17.2 Å². The first kappa shape index (κ1) is 73.8. The van der Waals surface area contributed by atoms with Crippen molar-refractivity contribution in [3.63, 3.8) is 0 Å². The first-order chi connectivity index (χ1) is 43.2. The number of Topliss-reactive ketones (excluding diaryl/α,β-unsaturated/α-hetero) is 1. The van der Waals surface area contributed by atoms with Crippen molar-refractivity contribution in [1.29, 1.82) is 0 Å². The lowest BCUT2D eigenvalue weighted by Crippen LogP contribution is -2.49. The Bertz CT molecular complexity index is 3370. The molecule has 508 valence electrons.